The molecule has 2 aromatic rings. The van der Waals surface area contributed by atoms with Gasteiger partial charge in [-0.05, 0) is 35.4 Å². The fourth-order valence-electron chi connectivity index (χ4n) is 1.45. The first-order valence-electron chi connectivity index (χ1n) is 7.98. The highest BCUT2D eigenvalue weighted by atomic mass is 16.5. The molecule has 3 nitrogen and oxygen atoms in total. The van der Waals surface area contributed by atoms with Crippen molar-refractivity contribution < 1.29 is 22.9 Å². The van der Waals surface area contributed by atoms with Crippen LogP contribution in [0.1, 0.15) is 26.6 Å². The Labute approximate surface area is 108 Å². The molecular weight excluding hydrogens is 216 g/mol. The Morgan fingerprint density at radius 3 is 3.00 bits per heavy atom. The number of rotatable bonds is 3. The lowest BCUT2D eigenvalue weighted by Crippen LogP contribution is -2.06. The molecule has 0 aliphatic heterocycles. The number of methoxy groups -OCH3 is 1. The molecule has 0 heterocycles. The van der Waals surface area contributed by atoms with E-state index in [0.29, 0.717) is 0 Å². The lowest BCUT2D eigenvalue weighted by Gasteiger charge is -2.08. The van der Waals surface area contributed by atoms with Gasteiger partial charge in [0.15, 0.2) is 0 Å². The molecule has 1 atom stereocenters. The van der Waals surface area contributed by atoms with E-state index < -0.39 is 18.9 Å². The molecule has 0 saturated carbocycles. The molecule has 0 radical (unpaired) electrons. The van der Waals surface area contributed by atoms with Crippen molar-refractivity contribution in [3.05, 3.63) is 41.9 Å². The number of carboxylic acids is 1. The average molecular weight is 236 g/mol. The van der Waals surface area contributed by atoms with Gasteiger partial charge in [-0.1, -0.05) is 24.2 Å². The molecule has 1 N–H and O–H groups in total. The molecule has 0 spiro atoms. The van der Waals surface area contributed by atoms with Gasteiger partial charge < -0.3 is 9.84 Å². The van der Waals surface area contributed by atoms with Gasteiger partial charge in [-0.15, -0.1) is 0 Å². The van der Waals surface area contributed by atoms with Crippen molar-refractivity contribution in [2.45, 2.75) is 12.8 Å². The van der Waals surface area contributed by atoms with Gasteiger partial charge >= 0.3 is 5.97 Å². The number of carbonyl (C=O) groups is 1. The lowest BCUT2D eigenvalue weighted by atomic mass is 9.98. The van der Waals surface area contributed by atoms with E-state index in [4.69, 9.17) is 18.1 Å². The highest BCUT2D eigenvalue weighted by molar-refractivity contribution is 5.86. The van der Waals surface area contributed by atoms with Gasteiger partial charge in [0.05, 0.1) is 21.2 Å². The molecule has 0 amide bonds. The average Bonchev–Trinajstić information content (AvgIpc) is 2.43. The fourth-order valence-corrected chi connectivity index (χ4v) is 1.45. The van der Waals surface area contributed by atoms with Crippen LogP contribution < -0.4 is 4.74 Å². The first-order valence-corrected chi connectivity index (χ1v) is 4.98. The first kappa shape index (κ1) is 6.05. The third kappa shape index (κ3) is 2.23. The summed E-state index contributed by atoms with van der Waals surface area (Å²) in [4.78, 5) is 11.2. The Morgan fingerprint density at radius 1 is 1.47 bits per heavy atom. The van der Waals surface area contributed by atoms with Gasteiger partial charge in [-0.25, -0.2) is 0 Å². The predicted molar refractivity (Wildman–Crippen MR) is 66.6 cm³/mol. The zero-order valence-corrected chi connectivity index (χ0v) is 9.07. The van der Waals surface area contributed by atoms with E-state index in [2.05, 4.69) is 0 Å². The van der Waals surface area contributed by atoms with Crippen molar-refractivity contribution in [1.29, 1.82) is 0 Å². The van der Waals surface area contributed by atoms with Crippen LogP contribution in [-0.4, -0.2) is 18.1 Å². The molecular formula is C14H14O3. The maximum atomic E-state index is 11.2. The molecule has 0 saturated heterocycles. The van der Waals surface area contributed by atoms with Crippen molar-refractivity contribution >= 4 is 16.7 Å². The van der Waals surface area contributed by atoms with Crippen LogP contribution in [-0.2, 0) is 4.79 Å². The topological polar surface area (TPSA) is 46.5 Å². The van der Waals surface area contributed by atoms with Gasteiger partial charge in [0.2, 0.25) is 0 Å². The van der Waals surface area contributed by atoms with Gasteiger partial charge in [0.25, 0.3) is 0 Å². The van der Waals surface area contributed by atoms with Crippen LogP contribution in [0.15, 0.2) is 36.3 Å². The number of hydrogen-bond acceptors (Lipinski definition) is 2. The van der Waals surface area contributed by atoms with Crippen molar-refractivity contribution in [2.75, 3.05) is 7.04 Å². The molecule has 88 valence electrons. The van der Waals surface area contributed by atoms with E-state index >= 15 is 0 Å². The lowest BCUT2D eigenvalue weighted by molar-refractivity contribution is -0.138. The van der Waals surface area contributed by atoms with E-state index in [1.165, 1.54) is 25.1 Å². The summed E-state index contributed by atoms with van der Waals surface area (Å²) in [5, 5.41) is 9.55. The molecule has 0 bridgehead atoms. The normalized spacial score (nSPS) is 18.2. The number of ether oxygens (including phenoxy) is 1. The minimum Gasteiger partial charge on any atom is -0.497 e. The van der Waals surface area contributed by atoms with Crippen LogP contribution in [0.3, 0.4) is 0 Å². The molecule has 0 aliphatic rings. The molecule has 3 heteroatoms. The van der Waals surface area contributed by atoms with Crippen LogP contribution in [0.4, 0.5) is 0 Å². The fraction of sp³-hybridized carbons (Fsp3) is 0.214. The van der Waals surface area contributed by atoms with Crippen LogP contribution in [0.25, 0.3) is 10.8 Å². The third-order valence-corrected chi connectivity index (χ3v) is 2.51. The Hall–Kier alpha value is -2.03. The standard InChI is InChI=1S/C14H14O3/c1-9(14(15)16)10-3-4-12-8-13(17-2)6-5-11(12)7-10/h3-9H,1-2H3,(H,15,16)/i2D3,3D,4D,7D. The van der Waals surface area contributed by atoms with Crippen molar-refractivity contribution in [2.24, 2.45) is 0 Å². The summed E-state index contributed by atoms with van der Waals surface area (Å²) >= 11 is 0. The van der Waals surface area contributed by atoms with Gasteiger partial charge in [-0.2, -0.15) is 0 Å². The number of aliphatic carboxylic acids is 1. The maximum absolute atomic E-state index is 11.2. The molecule has 2 rings (SSSR count). The summed E-state index contributed by atoms with van der Waals surface area (Å²) in [7, 11) is -2.65. The Morgan fingerprint density at radius 2 is 2.29 bits per heavy atom. The largest absolute Gasteiger partial charge is 0.497 e. The second kappa shape index (κ2) is 4.45. The molecule has 0 fully saturated rings. The maximum Gasteiger partial charge on any atom is 0.310 e. The Kier molecular flexibility index (Phi) is 1.59. The highest BCUT2D eigenvalue weighted by Crippen LogP contribution is 2.25. The number of carboxylic acid groups (broad SMARTS) is 1. The number of benzene rings is 2. The zero-order chi connectivity index (χ0) is 17.5. The summed E-state index contributed by atoms with van der Waals surface area (Å²) in [6.07, 6.45) is 0. The van der Waals surface area contributed by atoms with E-state index in [-0.39, 0.29) is 40.2 Å². The minimum atomic E-state index is -2.65. The first-order chi connectivity index (χ1) is 10.5. The summed E-state index contributed by atoms with van der Waals surface area (Å²) < 4.78 is 50.1. The van der Waals surface area contributed by atoms with Crippen LogP contribution in [0, 0.1) is 0 Å². The van der Waals surface area contributed by atoms with Gasteiger partial charge in [0, 0.05) is 0 Å². The quantitative estimate of drug-likeness (QED) is 0.891. The van der Waals surface area contributed by atoms with Crippen molar-refractivity contribution in [3.63, 3.8) is 0 Å². The Bertz CT molecular complexity index is 784. The van der Waals surface area contributed by atoms with Crippen molar-refractivity contribution in [3.8, 4) is 5.75 Å². The minimum absolute atomic E-state index is 0.0103. The molecule has 1 unspecified atom stereocenters. The SMILES string of the molecule is [2H]c1c(C(C)C(=O)O)c([2H])c2ccc(OC([2H])([2H])[2H])cc2c1[2H]. The summed E-state index contributed by atoms with van der Waals surface area (Å²) in [6.45, 7) is 1.35. The highest BCUT2D eigenvalue weighted by Gasteiger charge is 2.13. The van der Waals surface area contributed by atoms with Crippen molar-refractivity contribution in [1.82, 2.24) is 0 Å². The van der Waals surface area contributed by atoms with E-state index in [9.17, 15) is 4.79 Å². The second-order valence-corrected chi connectivity index (χ2v) is 3.66. The zero-order valence-electron chi connectivity index (χ0n) is 15.1. The van der Waals surface area contributed by atoms with Crippen LogP contribution in [0.5, 0.6) is 5.75 Å². The number of hydrogen-bond donors (Lipinski definition) is 1. The summed E-state index contributed by atoms with van der Waals surface area (Å²) in [6, 6.07) is 3.23. The Balaban J connectivity index is 2.70. The monoisotopic (exact) mass is 236 g/mol. The smallest absolute Gasteiger partial charge is 0.310 e. The van der Waals surface area contributed by atoms with Crippen LogP contribution in [0.2, 0.25) is 0 Å². The number of fused-ring (bicyclic) bond motifs is 1. The summed E-state index contributed by atoms with van der Waals surface area (Å²) in [5.74, 6) is -2.29. The molecule has 0 aromatic heterocycles. The summed E-state index contributed by atoms with van der Waals surface area (Å²) in [5.41, 5.74) is -0.0421. The van der Waals surface area contributed by atoms with Gasteiger partial charge in [0.1, 0.15) is 5.75 Å². The second-order valence-electron chi connectivity index (χ2n) is 3.66. The van der Waals surface area contributed by atoms with E-state index in [0.717, 1.165) is 0 Å². The molecule has 2 aromatic carbocycles. The predicted octanol–water partition coefficient (Wildman–Crippen LogP) is 3.04. The van der Waals surface area contributed by atoms with E-state index in [1.807, 2.05) is 0 Å². The van der Waals surface area contributed by atoms with E-state index in [1.54, 1.807) is 0 Å². The third-order valence-electron chi connectivity index (χ3n) is 2.51. The van der Waals surface area contributed by atoms with Gasteiger partial charge in [-0.3, -0.25) is 4.79 Å². The van der Waals surface area contributed by atoms with Crippen LogP contribution >= 0.6 is 0 Å². The molecule has 0 aliphatic carbocycles. The molecule has 17 heavy (non-hydrogen) atoms.